The van der Waals surface area contributed by atoms with Crippen molar-refractivity contribution in [2.24, 2.45) is 5.92 Å². The van der Waals surface area contributed by atoms with Crippen LogP contribution in [0.3, 0.4) is 0 Å². The van der Waals surface area contributed by atoms with E-state index in [1.165, 1.54) is 17.7 Å². The standard InChI is InChI=1S/C27H35F3N4O3/c1-2-23(19-6-8-22(9-7-19)37-17-27(28,29)30)33-25(35)10-4-18-3-5-20-16-31-26(34-24(20)15-18)32-21-11-13-36-14-12-21/h6-9,16,18,21,23H,2-5,10-15,17H2,1H3,(H,33,35)(H,31,32,34)/t18?,23-/m1/s1. The molecule has 1 aliphatic carbocycles. The van der Waals surface area contributed by atoms with E-state index in [1.807, 2.05) is 13.1 Å². The van der Waals surface area contributed by atoms with E-state index in [0.29, 0.717) is 30.7 Å². The van der Waals surface area contributed by atoms with Gasteiger partial charge in [-0.3, -0.25) is 4.79 Å². The first-order valence-electron chi connectivity index (χ1n) is 13.1. The number of fused-ring (bicyclic) bond motifs is 1. The van der Waals surface area contributed by atoms with Gasteiger partial charge in [-0.2, -0.15) is 13.2 Å². The first-order chi connectivity index (χ1) is 17.8. The van der Waals surface area contributed by atoms with Gasteiger partial charge in [-0.25, -0.2) is 9.97 Å². The molecular weight excluding hydrogens is 485 g/mol. The zero-order valence-electron chi connectivity index (χ0n) is 21.2. The lowest BCUT2D eigenvalue weighted by molar-refractivity contribution is -0.153. The van der Waals surface area contributed by atoms with Crippen molar-refractivity contribution >= 4 is 11.9 Å². The van der Waals surface area contributed by atoms with Gasteiger partial charge < -0.3 is 20.1 Å². The number of rotatable bonds is 10. The summed E-state index contributed by atoms with van der Waals surface area (Å²) < 4.78 is 47.2. The van der Waals surface area contributed by atoms with E-state index in [9.17, 15) is 18.0 Å². The summed E-state index contributed by atoms with van der Waals surface area (Å²) in [7, 11) is 0. The number of anilines is 1. The molecule has 2 heterocycles. The minimum Gasteiger partial charge on any atom is -0.484 e. The van der Waals surface area contributed by atoms with E-state index in [1.54, 1.807) is 12.1 Å². The van der Waals surface area contributed by atoms with Crippen LogP contribution in [-0.2, 0) is 22.4 Å². The van der Waals surface area contributed by atoms with Crippen LogP contribution in [0, 0.1) is 5.92 Å². The molecule has 1 amide bonds. The molecule has 1 fully saturated rings. The molecule has 1 aromatic heterocycles. The van der Waals surface area contributed by atoms with Crippen molar-refractivity contribution in [3.05, 3.63) is 47.3 Å². The predicted molar refractivity (Wildman–Crippen MR) is 133 cm³/mol. The summed E-state index contributed by atoms with van der Waals surface area (Å²) in [4.78, 5) is 22.0. The summed E-state index contributed by atoms with van der Waals surface area (Å²) in [5, 5.41) is 6.50. The monoisotopic (exact) mass is 520 g/mol. The molecule has 37 heavy (non-hydrogen) atoms. The number of aryl methyl sites for hydroxylation is 1. The van der Waals surface area contributed by atoms with Crippen LogP contribution in [0.4, 0.5) is 19.1 Å². The van der Waals surface area contributed by atoms with Crippen molar-refractivity contribution in [1.82, 2.24) is 15.3 Å². The van der Waals surface area contributed by atoms with Gasteiger partial charge in [0.2, 0.25) is 11.9 Å². The molecule has 0 bridgehead atoms. The second kappa shape index (κ2) is 12.6. The van der Waals surface area contributed by atoms with Gasteiger partial charge in [0.15, 0.2) is 6.61 Å². The number of amides is 1. The summed E-state index contributed by atoms with van der Waals surface area (Å²) in [6.07, 6.45) is 4.08. The maximum Gasteiger partial charge on any atom is 0.422 e. The average Bonchev–Trinajstić information content (AvgIpc) is 2.89. The third kappa shape index (κ3) is 8.31. The fourth-order valence-corrected chi connectivity index (χ4v) is 4.89. The molecule has 0 saturated carbocycles. The maximum absolute atomic E-state index is 12.7. The van der Waals surface area contributed by atoms with Gasteiger partial charge in [0.25, 0.3) is 0 Å². The van der Waals surface area contributed by atoms with Crippen LogP contribution in [0.25, 0.3) is 0 Å². The van der Waals surface area contributed by atoms with Crippen molar-refractivity contribution in [2.75, 3.05) is 25.1 Å². The summed E-state index contributed by atoms with van der Waals surface area (Å²) in [6, 6.07) is 6.53. The summed E-state index contributed by atoms with van der Waals surface area (Å²) in [6.45, 7) is 2.15. The van der Waals surface area contributed by atoms with Gasteiger partial charge in [0.05, 0.1) is 6.04 Å². The Morgan fingerprint density at radius 3 is 2.65 bits per heavy atom. The molecule has 2 atom stereocenters. The molecule has 10 heteroatoms. The zero-order chi connectivity index (χ0) is 26.3. The van der Waals surface area contributed by atoms with E-state index in [0.717, 1.165) is 63.0 Å². The lowest BCUT2D eigenvalue weighted by atomic mass is 9.84. The molecule has 0 spiro atoms. The second-order valence-corrected chi connectivity index (χ2v) is 9.85. The van der Waals surface area contributed by atoms with E-state index in [-0.39, 0.29) is 17.7 Å². The lowest BCUT2D eigenvalue weighted by Gasteiger charge is -2.26. The van der Waals surface area contributed by atoms with Crippen molar-refractivity contribution in [2.45, 2.75) is 76.6 Å². The van der Waals surface area contributed by atoms with E-state index >= 15 is 0 Å². The van der Waals surface area contributed by atoms with Crippen LogP contribution < -0.4 is 15.4 Å². The van der Waals surface area contributed by atoms with Gasteiger partial charge >= 0.3 is 6.18 Å². The number of nitrogens with one attached hydrogen (secondary N) is 2. The molecule has 2 N–H and O–H groups in total. The molecule has 1 saturated heterocycles. The van der Waals surface area contributed by atoms with Gasteiger partial charge in [-0.05, 0) is 74.1 Å². The smallest absolute Gasteiger partial charge is 0.422 e. The molecule has 0 radical (unpaired) electrons. The number of benzene rings is 1. The average molecular weight is 521 g/mol. The number of carbonyl (C=O) groups is 1. The molecule has 1 aromatic carbocycles. The van der Waals surface area contributed by atoms with E-state index in [4.69, 9.17) is 14.5 Å². The molecule has 4 rings (SSSR count). The van der Waals surface area contributed by atoms with Crippen LogP contribution in [0.15, 0.2) is 30.5 Å². The van der Waals surface area contributed by atoms with Crippen molar-refractivity contribution in [3.63, 3.8) is 0 Å². The third-order valence-electron chi connectivity index (χ3n) is 7.02. The fraction of sp³-hybridized carbons (Fsp3) is 0.593. The van der Waals surface area contributed by atoms with Gasteiger partial charge in [0.1, 0.15) is 5.75 Å². The van der Waals surface area contributed by atoms with Crippen molar-refractivity contribution in [3.8, 4) is 5.75 Å². The Morgan fingerprint density at radius 1 is 1.19 bits per heavy atom. The Labute approximate surface area is 215 Å². The third-order valence-corrected chi connectivity index (χ3v) is 7.02. The van der Waals surface area contributed by atoms with Gasteiger partial charge in [-0.1, -0.05) is 19.1 Å². The lowest BCUT2D eigenvalue weighted by Crippen LogP contribution is -2.29. The number of hydrogen-bond donors (Lipinski definition) is 2. The fourth-order valence-electron chi connectivity index (χ4n) is 4.89. The number of carbonyl (C=O) groups excluding carboxylic acids is 1. The number of nitrogens with zero attached hydrogens (tertiary/aromatic N) is 2. The number of halogens is 3. The van der Waals surface area contributed by atoms with E-state index < -0.39 is 12.8 Å². The topological polar surface area (TPSA) is 85.4 Å². The molecule has 1 unspecified atom stereocenters. The van der Waals surface area contributed by atoms with Crippen LogP contribution in [0.2, 0.25) is 0 Å². The first kappa shape index (κ1) is 27.2. The maximum atomic E-state index is 12.7. The minimum absolute atomic E-state index is 0.0281. The molecule has 2 aromatic rings. The number of ether oxygens (including phenoxy) is 2. The molecule has 2 aliphatic rings. The van der Waals surface area contributed by atoms with Crippen LogP contribution >= 0.6 is 0 Å². The van der Waals surface area contributed by atoms with Crippen LogP contribution in [0.1, 0.15) is 68.3 Å². The molecule has 7 nitrogen and oxygen atoms in total. The Morgan fingerprint density at radius 2 is 1.95 bits per heavy atom. The highest BCUT2D eigenvalue weighted by Crippen LogP contribution is 2.28. The molecular formula is C27H35F3N4O3. The molecule has 202 valence electrons. The number of alkyl halides is 3. The zero-order valence-corrected chi connectivity index (χ0v) is 21.2. The Bertz CT molecular complexity index is 1030. The summed E-state index contributed by atoms with van der Waals surface area (Å²) in [5.74, 6) is 1.17. The summed E-state index contributed by atoms with van der Waals surface area (Å²) >= 11 is 0. The Kier molecular flexibility index (Phi) is 9.23. The largest absolute Gasteiger partial charge is 0.484 e. The van der Waals surface area contributed by atoms with Crippen molar-refractivity contribution < 1.29 is 27.4 Å². The SMILES string of the molecule is CC[C@@H](NC(=O)CCC1CCc2cnc(NC3CCOCC3)nc2C1)c1ccc(OCC(F)(F)F)cc1. The van der Waals surface area contributed by atoms with Crippen LogP contribution in [0.5, 0.6) is 5.75 Å². The normalized spacial score (nSPS) is 19.1. The summed E-state index contributed by atoms with van der Waals surface area (Å²) in [5.41, 5.74) is 3.09. The van der Waals surface area contributed by atoms with E-state index in [2.05, 4.69) is 15.6 Å². The highest BCUT2D eigenvalue weighted by atomic mass is 19.4. The molecule has 1 aliphatic heterocycles. The first-order valence-corrected chi connectivity index (χ1v) is 13.1. The Balaban J connectivity index is 1.25. The van der Waals surface area contributed by atoms with Crippen molar-refractivity contribution in [1.29, 1.82) is 0 Å². The highest BCUT2D eigenvalue weighted by molar-refractivity contribution is 5.76. The quantitative estimate of drug-likeness (QED) is 0.450. The second-order valence-electron chi connectivity index (χ2n) is 9.85. The number of aromatic nitrogens is 2. The number of hydrogen-bond acceptors (Lipinski definition) is 6. The van der Waals surface area contributed by atoms with Crippen LogP contribution in [-0.4, -0.2) is 47.9 Å². The predicted octanol–water partition coefficient (Wildman–Crippen LogP) is 5.16. The van der Waals surface area contributed by atoms with Gasteiger partial charge in [0, 0.05) is 37.6 Å². The highest BCUT2D eigenvalue weighted by Gasteiger charge is 2.28. The van der Waals surface area contributed by atoms with Gasteiger partial charge in [-0.15, -0.1) is 0 Å². The Hall–Kier alpha value is -2.88. The minimum atomic E-state index is -4.38.